The van der Waals surface area contributed by atoms with Gasteiger partial charge in [0.25, 0.3) is 0 Å². The molecule has 3 saturated heterocycles. The molecule has 5 rings (SSSR count). The molecule has 0 aromatic heterocycles. The van der Waals surface area contributed by atoms with Crippen molar-refractivity contribution < 1.29 is 63.4 Å². The van der Waals surface area contributed by atoms with Crippen LogP contribution in [-0.4, -0.2) is 104 Å². The maximum atomic E-state index is 10.5. The third kappa shape index (κ3) is 5.23. The second-order valence-electron chi connectivity index (χ2n) is 10.2. The van der Waals surface area contributed by atoms with Crippen LogP contribution in [-0.2, 0) is 14.2 Å². The number of aliphatic hydroxyl groups is 4. The predicted molar refractivity (Wildman–Crippen MR) is 140 cm³/mol. The number of fused-ring (bicyclic) bond motifs is 1. The van der Waals surface area contributed by atoms with Gasteiger partial charge in [-0.2, -0.15) is 0 Å². The Morgan fingerprint density at radius 1 is 0.707 bits per heavy atom. The lowest BCUT2D eigenvalue weighted by atomic mass is 9.84. The number of aliphatic hydroxyl groups excluding tert-OH is 4. The Bertz CT molecular complexity index is 1170. The largest absolute Gasteiger partial charge is 0.502 e. The summed E-state index contributed by atoms with van der Waals surface area (Å²) in [7, 11) is 5.82. The molecule has 5 N–H and O–H groups in total. The summed E-state index contributed by atoms with van der Waals surface area (Å²) in [6, 6.07) is 6.93. The molecule has 0 aliphatic carbocycles. The molecule has 9 atom stereocenters. The molecule has 3 aliphatic heterocycles. The fraction of sp³-hybridized carbons (Fsp3) is 0.571. The molecule has 2 aromatic rings. The van der Waals surface area contributed by atoms with Crippen molar-refractivity contribution in [1.29, 1.82) is 0 Å². The SMILES string of the molecule is COc1cc(C2OC[C@@H]3C(c4cc(OC)c(OC5OC(CO)C(O)C(O)C5O)c(OC)c4)OC[C@H]23)cc(OC)c1O. The molecular weight excluding hydrogens is 544 g/mol. The van der Waals surface area contributed by atoms with Gasteiger partial charge in [-0.1, -0.05) is 0 Å². The molecule has 7 unspecified atom stereocenters. The van der Waals surface area contributed by atoms with Gasteiger partial charge in [-0.05, 0) is 35.4 Å². The normalized spacial score (nSPS) is 32.8. The van der Waals surface area contributed by atoms with Gasteiger partial charge in [-0.25, -0.2) is 0 Å². The van der Waals surface area contributed by atoms with Gasteiger partial charge in [0.2, 0.25) is 17.8 Å². The van der Waals surface area contributed by atoms with Crippen LogP contribution in [0, 0.1) is 11.8 Å². The van der Waals surface area contributed by atoms with E-state index in [1.807, 2.05) is 0 Å². The average molecular weight is 581 g/mol. The van der Waals surface area contributed by atoms with Crippen LogP contribution >= 0.6 is 0 Å². The highest BCUT2D eigenvalue weighted by molar-refractivity contribution is 5.55. The lowest BCUT2D eigenvalue weighted by Gasteiger charge is -2.39. The number of phenolic OH excluding ortho intramolecular Hbond substituents is 1. The molecule has 0 radical (unpaired) electrons. The first-order valence-electron chi connectivity index (χ1n) is 13.2. The molecule has 226 valence electrons. The van der Waals surface area contributed by atoms with E-state index >= 15 is 0 Å². The minimum Gasteiger partial charge on any atom is -0.502 e. The molecule has 13 heteroatoms. The highest BCUT2D eigenvalue weighted by atomic mass is 16.7. The van der Waals surface area contributed by atoms with Crippen molar-refractivity contribution in [3.63, 3.8) is 0 Å². The molecule has 0 bridgehead atoms. The van der Waals surface area contributed by atoms with Crippen LogP contribution in [0.2, 0.25) is 0 Å². The van der Waals surface area contributed by atoms with E-state index in [0.717, 1.165) is 11.1 Å². The standard InChI is InChI=1S/C28H36O13/c1-34-16-5-12(6-17(35-2)21(16)30)25-14-10-39-26(15(14)11-38-25)13-7-18(36-3)27(19(8-13)37-4)41-28-24(33)23(32)22(31)20(9-29)40-28/h5-8,14-15,20,22-26,28-33H,9-11H2,1-4H3/t14-,15-,20?,22?,23?,24?,25?,26?,28?/m0/s1. The van der Waals surface area contributed by atoms with Gasteiger partial charge in [-0.15, -0.1) is 0 Å². The molecular formula is C28H36O13. The van der Waals surface area contributed by atoms with Gasteiger partial charge in [0.1, 0.15) is 24.4 Å². The smallest absolute Gasteiger partial charge is 0.229 e. The van der Waals surface area contributed by atoms with Gasteiger partial charge >= 0.3 is 0 Å². The third-order valence-corrected chi connectivity index (χ3v) is 7.99. The fourth-order valence-electron chi connectivity index (χ4n) is 5.77. The number of benzene rings is 2. The predicted octanol–water partition coefficient (Wildman–Crippen LogP) is 0.680. The first-order chi connectivity index (χ1) is 19.8. The Morgan fingerprint density at radius 2 is 1.17 bits per heavy atom. The fourth-order valence-corrected chi connectivity index (χ4v) is 5.77. The van der Waals surface area contributed by atoms with Crippen LogP contribution in [0.15, 0.2) is 24.3 Å². The van der Waals surface area contributed by atoms with Crippen molar-refractivity contribution in [2.45, 2.75) is 42.9 Å². The van der Waals surface area contributed by atoms with E-state index in [0.29, 0.717) is 13.2 Å². The molecule has 3 fully saturated rings. The quantitative estimate of drug-likeness (QED) is 0.280. The van der Waals surface area contributed by atoms with E-state index in [4.69, 9.17) is 37.9 Å². The molecule has 0 amide bonds. The van der Waals surface area contributed by atoms with E-state index in [2.05, 4.69) is 0 Å². The summed E-state index contributed by atoms with van der Waals surface area (Å²) in [5.41, 5.74) is 1.55. The van der Waals surface area contributed by atoms with Crippen LogP contribution in [0.4, 0.5) is 0 Å². The van der Waals surface area contributed by atoms with Crippen LogP contribution < -0.4 is 23.7 Å². The Morgan fingerprint density at radius 3 is 1.61 bits per heavy atom. The lowest BCUT2D eigenvalue weighted by molar-refractivity contribution is -0.277. The van der Waals surface area contributed by atoms with Crippen molar-refractivity contribution in [3.8, 4) is 34.5 Å². The first kappa shape index (κ1) is 29.5. The lowest BCUT2D eigenvalue weighted by Crippen LogP contribution is -2.60. The Hall–Kier alpha value is -3.04. The topological polar surface area (TPSA) is 175 Å². The van der Waals surface area contributed by atoms with Crippen LogP contribution in [0.5, 0.6) is 34.5 Å². The molecule has 41 heavy (non-hydrogen) atoms. The zero-order valence-corrected chi connectivity index (χ0v) is 23.1. The van der Waals surface area contributed by atoms with Gasteiger partial charge in [0, 0.05) is 11.8 Å². The summed E-state index contributed by atoms with van der Waals surface area (Å²) in [6.45, 7) is 0.241. The minimum absolute atomic E-state index is 0.000914. The van der Waals surface area contributed by atoms with Crippen LogP contribution in [0.1, 0.15) is 23.3 Å². The van der Waals surface area contributed by atoms with E-state index < -0.39 is 37.3 Å². The zero-order valence-electron chi connectivity index (χ0n) is 23.1. The minimum atomic E-state index is -1.61. The maximum Gasteiger partial charge on any atom is 0.229 e. The molecule has 0 spiro atoms. The third-order valence-electron chi connectivity index (χ3n) is 7.99. The summed E-state index contributed by atoms with van der Waals surface area (Å²) in [5.74, 6) is 1.08. The highest BCUT2D eigenvalue weighted by Crippen LogP contribution is 2.53. The van der Waals surface area contributed by atoms with Crippen molar-refractivity contribution >= 4 is 0 Å². The Balaban J connectivity index is 1.40. The monoisotopic (exact) mass is 580 g/mol. The number of ether oxygens (including phenoxy) is 8. The number of hydrogen-bond acceptors (Lipinski definition) is 13. The van der Waals surface area contributed by atoms with Crippen molar-refractivity contribution in [3.05, 3.63) is 35.4 Å². The summed E-state index contributed by atoms with van der Waals surface area (Å²) >= 11 is 0. The van der Waals surface area contributed by atoms with Crippen LogP contribution in [0.3, 0.4) is 0 Å². The first-order valence-corrected chi connectivity index (χ1v) is 13.2. The highest BCUT2D eigenvalue weighted by Gasteiger charge is 2.49. The summed E-state index contributed by atoms with van der Waals surface area (Å²) in [4.78, 5) is 0. The average Bonchev–Trinajstić information content (AvgIpc) is 3.60. The van der Waals surface area contributed by atoms with Gasteiger partial charge < -0.3 is 63.4 Å². The maximum absolute atomic E-state index is 10.5. The summed E-state index contributed by atoms with van der Waals surface area (Å²) in [5, 5.41) is 50.5. The number of rotatable bonds is 9. The van der Waals surface area contributed by atoms with Gasteiger partial charge in [0.05, 0.1) is 60.5 Å². The second kappa shape index (κ2) is 12.1. The van der Waals surface area contributed by atoms with Gasteiger partial charge in [-0.3, -0.25) is 0 Å². The second-order valence-corrected chi connectivity index (χ2v) is 10.2. The number of phenols is 1. The van der Waals surface area contributed by atoms with Crippen molar-refractivity contribution in [1.82, 2.24) is 0 Å². The summed E-state index contributed by atoms with van der Waals surface area (Å²) < 4.78 is 45.7. The van der Waals surface area contributed by atoms with Crippen molar-refractivity contribution in [2.24, 2.45) is 11.8 Å². The van der Waals surface area contributed by atoms with Crippen LogP contribution in [0.25, 0.3) is 0 Å². The molecule has 2 aromatic carbocycles. The van der Waals surface area contributed by atoms with E-state index in [-0.39, 0.29) is 58.5 Å². The van der Waals surface area contributed by atoms with E-state index in [9.17, 15) is 25.5 Å². The molecule has 3 aliphatic rings. The Kier molecular flexibility index (Phi) is 8.66. The summed E-state index contributed by atoms with van der Waals surface area (Å²) in [6.07, 6.45) is -7.96. The van der Waals surface area contributed by atoms with Gasteiger partial charge in [0.15, 0.2) is 23.0 Å². The zero-order chi connectivity index (χ0) is 29.4. The number of hydrogen-bond donors (Lipinski definition) is 5. The van der Waals surface area contributed by atoms with E-state index in [1.165, 1.54) is 28.4 Å². The molecule has 0 saturated carbocycles. The van der Waals surface area contributed by atoms with E-state index in [1.54, 1.807) is 24.3 Å². The molecule has 13 nitrogen and oxygen atoms in total. The number of aromatic hydroxyl groups is 1. The molecule has 3 heterocycles. The van der Waals surface area contributed by atoms with Crippen molar-refractivity contribution in [2.75, 3.05) is 48.3 Å². The Labute approximate surface area is 236 Å². The number of methoxy groups -OCH3 is 4.